The standard InChI is InChI=1S/C16H14FNO2/c17-13-6-2-1-5-12(13)11-16(19)18-9-10-20-15-8-4-3-7-14(15)18/h1-8H,9-11H2. The van der Waals surface area contributed by atoms with Gasteiger partial charge >= 0.3 is 0 Å². The molecule has 3 nitrogen and oxygen atoms in total. The Balaban J connectivity index is 1.84. The third-order valence-electron chi connectivity index (χ3n) is 3.33. The molecule has 0 fully saturated rings. The van der Waals surface area contributed by atoms with Crippen LogP contribution in [0.2, 0.25) is 0 Å². The Kier molecular flexibility index (Phi) is 3.37. The van der Waals surface area contributed by atoms with Crippen LogP contribution in [0.1, 0.15) is 5.56 Å². The number of hydrogen-bond acceptors (Lipinski definition) is 2. The molecule has 4 heteroatoms. The molecule has 1 heterocycles. The first-order valence-electron chi connectivity index (χ1n) is 6.51. The number of anilines is 1. The molecule has 0 bridgehead atoms. The van der Waals surface area contributed by atoms with E-state index in [1.807, 2.05) is 24.3 Å². The topological polar surface area (TPSA) is 29.5 Å². The van der Waals surface area contributed by atoms with Crippen LogP contribution in [0.3, 0.4) is 0 Å². The van der Waals surface area contributed by atoms with Gasteiger partial charge in [-0.05, 0) is 23.8 Å². The summed E-state index contributed by atoms with van der Waals surface area (Å²) in [5.74, 6) is 0.230. The van der Waals surface area contributed by atoms with Crippen LogP contribution < -0.4 is 9.64 Å². The number of para-hydroxylation sites is 2. The van der Waals surface area contributed by atoms with E-state index < -0.39 is 0 Å². The third kappa shape index (κ3) is 2.37. The van der Waals surface area contributed by atoms with Gasteiger partial charge in [-0.3, -0.25) is 4.79 Å². The highest BCUT2D eigenvalue weighted by Crippen LogP contribution is 2.31. The number of amides is 1. The van der Waals surface area contributed by atoms with E-state index in [0.29, 0.717) is 24.5 Å². The Morgan fingerprint density at radius 1 is 1.15 bits per heavy atom. The van der Waals surface area contributed by atoms with Crippen molar-refractivity contribution >= 4 is 11.6 Å². The molecule has 1 aliphatic heterocycles. The van der Waals surface area contributed by atoms with Gasteiger partial charge < -0.3 is 9.64 Å². The molecule has 0 aromatic heterocycles. The van der Waals surface area contributed by atoms with Gasteiger partial charge in [0.1, 0.15) is 18.2 Å². The van der Waals surface area contributed by atoms with Crippen molar-refractivity contribution in [3.8, 4) is 5.75 Å². The van der Waals surface area contributed by atoms with Crippen LogP contribution in [0.5, 0.6) is 5.75 Å². The second-order valence-corrected chi connectivity index (χ2v) is 4.63. The number of hydrogen-bond donors (Lipinski definition) is 0. The van der Waals surface area contributed by atoms with Gasteiger partial charge in [-0.25, -0.2) is 4.39 Å². The first-order valence-corrected chi connectivity index (χ1v) is 6.51. The molecular formula is C16H14FNO2. The van der Waals surface area contributed by atoms with Crippen molar-refractivity contribution in [2.75, 3.05) is 18.1 Å². The summed E-state index contributed by atoms with van der Waals surface area (Å²) in [6.45, 7) is 0.949. The van der Waals surface area contributed by atoms with Crippen molar-refractivity contribution in [2.24, 2.45) is 0 Å². The molecule has 3 rings (SSSR count). The zero-order chi connectivity index (χ0) is 13.9. The Morgan fingerprint density at radius 2 is 1.90 bits per heavy atom. The van der Waals surface area contributed by atoms with E-state index in [1.165, 1.54) is 6.07 Å². The average Bonchev–Trinajstić information content (AvgIpc) is 2.49. The largest absolute Gasteiger partial charge is 0.490 e. The number of carbonyl (C=O) groups excluding carboxylic acids is 1. The van der Waals surface area contributed by atoms with Crippen molar-refractivity contribution in [1.29, 1.82) is 0 Å². The summed E-state index contributed by atoms with van der Waals surface area (Å²) in [6, 6.07) is 13.8. The average molecular weight is 271 g/mol. The van der Waals surface area contributed by atoms with Crippen molar-refractivity contribution in [1.82, 2.24) is 0 Å². The lowest BCUT2D eigenvalue weighted by molar-refractivity contribution is -0.118. The first kappa shape index (κ1) is 12.7. The Hall–Kier alpha value is -2.36. The fourth-order valence-corrected chi connectivity index (χ4v) is 2.33. The number of benzene rings is 2. The highest BCUT2D eigenvalue weighted by molar-refractivity contribution is 5.96. The lowest BCUT2D eigenvalue weighted by Crippen LogP contribution is -2.38. The predicted molar refractivity (Wildman–Crippen MR) is 74.4 cm³/mol. The van der Waals surface area contributed by atoms with Crippen molar-refractivity contribution < 1.29 is 13.9 Å². The lowest BCUT2D eigenvalue weighted by Gasteiger charge is -2.29. The van der Waals surface area contributed by atoms with Crippen LogP contribution in [0.15, 0.2) is 48.5 Å². The predicted octanol–water partition coefficient (Wildman–Crippen LogP) is 2.79. The number of ether oxygens (including phenoxy) is 1. The Bertz CT molecular complexity index is 642. The first-order chi connectivity index (χ1) is 9.75. The van der Waals surface area contributed by atoms with Gasteiger partial charge in [0.15, 0.2) is 0 Å². The maximum atomic E-state index is 13.6. The van der Waals surface area contributed by atoms with Crippen molar-refractivity contribution in [2.45, 2.75) is 6.42 Å². The van der Waals surface area contributed by atoms with E-state index >= 15 is 0 Å². The van der Waals surface area contributed by atoms with E-state index in [4.69, 9.17) is 4.74 Å². The molecule has 102 valence electrons. The maximum Gasteiger partial charge on any atom is 0.231 e. The summed E-state index contributed by atoms with van der Waals surface area (Å²) in [4.78, 5) is 14.0. The van der Waals surface area contributed by atoms with E-state index in [1.54, 1.807) is 23.1 Å². The van der Waals surface area contributed by atoms with Gasteiger partial charge in [0.2, 0.25) is 5.91 Å². The molecule has 0 aliphatic carbocycles. The molecular weight excluding hydrogens is 257 g/mol. The Labute approximate surface area is 116 Å². The Morgan fingerprint density at radius 3 is 2.75 bits per heavy atom. The molecule has 0 saturated carbocycles. The van der Waals surface area contributed by atoms with Crippen LogP contribution in [0.4, 0.5) is 10.1 Å². The molecule has 2 aromatic carbocycles. The molecule has 0 spiro atoms. The summed E-state index contributed by atoms with van der Waals surface area (Å²) in [7, 11) is 0. The van der Waals surface area contributed by atoms with E-state index in [2.05, 4.69) is 0 Å². The molecule has 1 aliphatic rings. The summed E-state index contributed by atoms with van der Waals surface area (Å²) >= 11 is 0. The molecule has 0 radical (unpaired) electrons. The van der Waals surface area contributed by atoms with Gasteiger partial charge in [0.05, 0.1) is 18.7 Å². The number of fused-ring (bicyclic) bond motifs is 1. The summed E-state index contributed by atoms with van der Waals surface area (Å²) < 4.78 is 19.1. The smallest absolute Gasteiger partial charge is 0.231 e. The van der Waals surface area contributed by atoms with Crippen LogP contribution in [0, 0.1) is 5.82 Å². The number of halogens is 1. The zero-order valence-corrected chi connectivity index (χ0v) is 10.9. The summed E-state index contributed by atoms with van der Waals surface area (Å²) in [6.07, 6.45) is 0.0566. The third-order valence-corrected chi connectivity index (χ3v) is 3.33. The van der Waals surface area contributed by atoms with Crippen LogP contribution in [-0.4, -0.2) is 19.1 Å². The van der Waals surface area contributed by atoms with Gasteiger partial charge in [-0.1, -0.05) is 30.3 Å². The van der Waals surface area contributed by atoms with E-state index in [9.17, 15) is 9.18 Å². The quantitative estimate of drug-likeness (QED) is 0.840. The molecule has 0 atom stereocenters. The highest BCUT2D eigenvalue weighted by atomic mass is 19.1. The van der Waals surface area contributed by atoms with E-state index in [0.717, 1.165) is 5.69 Å². The van der Waals surface area contributed by atoms with Crippen LogP contribution in [-0.2, 0) is 11.2 Å². The fraction of sp³-hybridized carbons (Fsp3) is 0.188. The van der Waals surface area contributed by atoms with Gasteiger partial charge in [0.25, 0.3) is 0 Å². The number of rotatable bonds is 2. The fourth-order valence-electron chi connectivity index (χ4n) is 2.33. The van der Waals surface area contributed by atoms with Gasteiger partial charge in [-0.2, -0.15) is 0 Å². The SMILES string of the molecule is O=C(Cc1ccccc1F)N1CCOc2ccccc21. The van der Waals surface area contributed by atoms with Gasteiger partial charge in [-0.15, -0.1) is 0 Å². The van der Waals surface area contributed by atoms with Gasteiger partial charge in [0, 0.05) is 0 Å². The normalized spacial score (nSPS) is 13.6. The minimum atomic E-state index is -0.345. The highest BCUT2D eigenvalue weighted by Gasteiger charge is 2.23. The van der Waals surface area contributed by atoms with Crippen molar-refractivity contribution in [3.63, 3.8) is 0 Å². The summed E-state index contributed by atoms with van der Waals surface area (Å²) in [5.41, 5.74) is 1.17. The molecule has 20 heavy (non-hydrogen) atoms. The molecule has 0 saturated heterocycles. The second-order valence-electron chi connectivity index (χ2n) is 4.63. The molecule has 0 N–H and O–H groups in total. The molecule has 2 aromatic rings. The van der Waals surface area contributed by atoms with E-state index in [-0.39, 0.29) is 18.1 Å². The second kappa shape index (κ2) is 5.33. The van der Waals surface area contributed by atoms with Crippen LogP contribution >= 0.6 is 0 Å². The number of carbonyl (C=O) groups is 1. The minimum absolute atomic E-state index is 0.0566. The number of nitrogens with zero attached hydrogens (tertiary/aromatic N) is 1. The maximum absolute atomic E-state index is 13.6. The minimum Gasteiger partial charge on any atom is -0.490 e. The summed E-state index contributed by atoms with van der Waals surface area (Å²) in [5, 5.41) is 0. The van der Waals surface area contributed by atoms with Crippen molar-refractivity contribution in [3.05, 3.63) is 59.9 Å². The lowest BCUT2D eigenvalue weighted by atomic mass is 10.1. The monoisotopic (exact) mass is 271 g/mol. The molecule has 0 unspecified atom stereocenters. The molecule has 1 amide bonds. The zero-order valence-electron chi connectivity index (χ0n) is 10.9. The van der Waals surface area contributed by atoms with Crippen LogP contribution in [0.25, 0.3) is 0 Å².